The molecule has 2 rings (SSSR count). The van der Waals surface area contributed by atoms with E-state index in [2.05, 4.69) is 20.5 Å². The van der Waals surface area contributed by atoms with Crippen molar-refractivity contribution in [2.24, 2.45) is 4.99 Å². The summed E-state index contributed by atoms with van der Waals surface area (Å²) in [4.78, 5) is 6.33. The van der Waals surface area contributed by atoms with Crippen molar-refractivity contribution in [3.8, 4) is 11.5 Å². The zero-order chi connectivity index (χ0) is 18.3. The van der Waals surface area contributed by atoms with Crippen LogP contribution in [0.4, 0.5) is 5.69 Å². The van der Waals surface area contributed by atoms with Crippen LogP contribution in [-0.2, 0) is 9.84 Å². The van der Waals surface area contributed by atoms with Gasteiger partial charge in [-0.2, -0.15) is 0 Å². The van der Waals surface area contributed by atoms with Crippen molar-refractivity contribution in [2.45, 2.75) is 0 Å². The fraction of sp³-hybridized carbons (Fsp3) is 0.562. The van der Waals surface area contributed by atoms with E-state index in [-0.39, 0.29) is 35.5 Å². The van der Waals surface area contributed by atoms with Gasteiger partial charge in [0.05, 0.1) is 25.7 Å². The molecule has 8 nitrogen and oxygen atoms in total. The molecule has 0 saturated carbocycles. The maximum Gasteiger partial charge on any atom is 0.195 e. The maximum atomic E-state index is 11.4. The summed E-state index contributed by atoms with van der Waals surface area (Å²) in [5.74, 6) is 2.42. The van der Waals surface area contributed by atoms with Gasteiger partial charge in [0.1, 0.15) is 0 Å². The summed E-state index contributed by atoms with van der Waals surface area (Å²) in [7, 11) is 2.05. The summed E-state index contributed by atoms with van der Waals surface area (Å²) < 4.78 is 33.4. The Bertz CT molecular complexity index is 698. The monoisotopic (exact) mass is 498 g/mol. The minimum absolute atomic E-state index is 0. The molecule has 1 aromatic carbocycles. The summed E-state index contributed by atoms with van der Waals surface area (Å²) >= 11 is 0. The Kier molecular flexibility index (Phi) is 9.44. The number of benzene rings is 1. The number of rotatable bonds is 6. The van der Waals surface area contributed by atoms with Crippen LogP contribution in [0.5, 0.6) is 11.5 Å². The zero-order valence-corrected chi connectivity index (χ0v) is 18.5. The predicted molar refractivity (Wildman–Crippen MR) is 115 cm³/mol. The van der Waals surface area contributed by atoms with Gasteiger partial charge in [0.25, 0.3) is 0 Å². The molecule has 26 heavy (non-hydrogen) atoms. The number of sulfone groups is 1. The number of methoxy groups -OCH3 is 2. The van der Waals surface area contributed by atoms with Crippen LogP contribution in [0.3, 0.4) is 0 Å². The molecule has 1 aliphatic rings. The Morgan fingerprint density at radius 2 is 1.85 bits per heavy atom. The van der Waals surface area contributed by atoms with E-state index in [0.29, 0.717) is 37.1 Å². The number of nitrogens with one attached hydrogen (secondary N) is 2. The van der Waals surface area contributed by atoms with Crippen LogP contribution >= 0.6 is 24.0 Å². The van der Waals surface area contributed by atoms with Crippen LogP contribution in [0.15, 0.2) is 23.2 Å². The molecule has 1 aromatic rings. The van der Waals surface area contributed by atoms with Gasteiger partial charge in [-0.15, -0.1) is 24.0 Å². The van der Waals surface area contributed by atoms with Gasteiger partial charge in [-0.25, -0.2) is 8.42 Å². The fourth-order valence-electron chi connectivity index (χ4n) is 2.54. The SMILES string of the molecule is CN=C(NCCN1CCS(=O)(=O)CC1)Nc1ccc(OC)c(OC)c1.I. The van der Waals surface area contributed by atoms with Gasteiger partial charge in [-0.05, 0) is 12.1 Å². The van der Waals surface area contributed by atoms with Crippen LogP contribution in [0.1, 0.15) is 0 Å². The molecule has 0 aromatic heterocycles. The molecule has 1 saturated heterocycles. The van der Waals surface area contributed by atoms with E-state index in [0.717, 1.165) is 12.2 Å². The number of aliphatic imine (C=N–C) groups is 1. The van der Waals surface area contributed by atoms with Crippen LogP contribution in [-0.4, -0.2) is 78.2 Å². The number of hydrogen-bond acceptors (Lipinski definition) is 6. The Hall–Kier alpha value is -1.27. The second kappa shape index (κ2) is 10.8. The first-order valence-electron chi connectivity index (χ1n) is 8.10. The first-order chi connectivity index (χ1) is 12.0. The molecule has 0 amide bonds. The van der Waals surface area contributed by atoms with Gasteiger partial charge in [0.2, 0.25) is 0 Å². The number of hydrogen-bond donors (Lipinski definition) is 2. The first-order valence-corrected chi connectivity index (χ1v) is 9.92. The minimum atomic E-state index is -2.84. The standard InChI is InChI=1S/C16H26N4O4S.HI/c1-17-16(18-6-7-20-8-10-25(21,22)11-9-20)19-13-4-5-14(23-2)15(12-13)24-3;/h4-5,12H,6-11H2,1-3H3,(H2,17,18,19);1H. The molecule has 148 valence electrons. The van der Waals surface area contributed by atoms with E-state index in [9.17, 15) is 8.42 Å². The van der Waals surface area contributed by atoms with E-state index >= 15 is 0 Å². The number of ether oxygens (including phenoxy) is 2. The number of anilines is 1. The van der Waals surface area contributed by atoms with Gasteiger partial charge in [-0.1, -0.05) is 0 Å². The molecule has 0 aliphatic carbocycles. The van der Waals surface area contributed by atoms with Crippen LogP contribution in [0.2, 0.25) is 0 Å². The van der Waals surface area contributed by atoms with Crippen molar-refractivity contribution < 1.29 is 17.9 Å². The molecule has 1 heterocycles. The molecule has 0 bridgehead atoms. The Labute approximate surface area is 172 Å². The fourth-order valence-corrected chi connectivity index (χ4v) is 3.81. The largest absolute Gasteiger partial charge is 0.493 e. The van der Waals surface area contributed by atoms with Crippen molar-refractivity contribution in [2.75, 3.05) is 64.3 Å². The van der Waals surface area contributed by atoms with E-state index in [1.54, 1.807) is 21.3 Å². The topological polar surface area (TPSA) is 92.3 Å². The van der Waals surface area contributed by atoms with Gasteiger partial charge in [-0.3, -0.25) is 9.89 Å². The first kappa shape index (κ1) is 22.8. The highest BCUT2D eigenvalue weighted by molar-refractivity contribution is 14.0. The molecule has 0 unspecified atom stereocenters. The molecule has 1 fully saturated rings. The van der Waals surface area contributed by atoms with E-state index in [4.69, 9.17) is 9.47 Å². The molecule has 0 spiro atoms. The second-order valence-electron chi connectivity index (χ2n) is 5.69. The molecule has 1 aliphatic heterocycles. The van der Waals surface area contributed by atoms with E-state index in [1.807, 2.05) is 18.2 Å². The predicted octanol–water partition coefficient (Wildman–Crippen LogP) is 1.04. The summed E-state index contributed by atoms with van der Waals surface area (Å²) in [5.41, 5.74) is 0.829. The number of nitrogens with zero attached hydrogens (tertiary/aromatic N) is 2. The van der Waals surface area contributed by atoms with Crippen molar-refractivity contribution in [3.63, 3.8) is 0 Å². The third-order valence-electron chi connectivity index (χ3n) is 4.03. The summed E-state index contributed by atoms with van der Waals surface area (Å²) in [6.45, 7) is 2.62. The number of guanidine groups is 1. The average molecular weight is 498 g/mol. The van der Waals surface area contributed by atoms with Crippen molar-refractivity contribution in [3.05, 3.63) is 18.2 Å². The quantitative estimate of drug-likeness (QED) is 0.344. The summed E-state index contributed by atoms with van der Waals surface area (Å²) in [6.07, 6.45) is 0. The Morgan fingerprint density at radius 3 is 2.42 bits per heavy atom. The Balaban J connectivity index is 0.00000338. The van der Waals surface area contributed by atoms with Gasteiger partial charge >= 0.3 is 0 Å². The lowest BCUT2D eigenvalue weighted by Gasteiger charge is -2.26. The lowest BCUT2D eigenvalue weighted by atomic mass is 10.3. The van der Waals surface area contributed by atoms with Crippen molar-refractivity contribution in [1.82, 2.24) is 10.2 Å². The third kappa shape index (κ3) is 6.80. The molecule has 10 heteroatoms. The Morgan fingerprint density at radius 1 is 1.19 bits per heavy atom. The van der Waals surface area contributed by atoms with Crippen LogP contribution < -0.4 is 20.1 Å². The minimum Gasteiger partial charge on any atom is -0.493 e. The molecule has 0 radical (unpaired) electrons. The van der Waals surface area contributed by atoms with E-state index < -0.39 is 9.84 Å². The van der Waals surface area contributed by atoms with Crippen molar-refractivity contribution in [1.29, 1.82) is 0 Å². The molecular formula is C16H27IN4O4S. The van der Waals surface area contributed by atoms with Gasteiger partial charge in [0.15, 0.2) is 27.3 Å². The average Bonchev–Trinajstić information content (AvgIpc) is 2.62. The lowest BCUT2D eigenvalue weighted by Crippen LogP contribution is -2.44. The summed E-state index contributed by atoms with van der Waals surface area (Å²) in [5, 5.41) is 6.42. The van der Waals surface area contributed by atoms with Gasteiger partial charge in [0, 0.05) is 45.0 Å². The normalized spacial score (nSPS) is 17.1. The van der Waals surface area contributed by atoms with Crippen molar-refractivity contribution >= 4 is 45.5 Å². The van der Waals surface area contributed by atoms with Crippen LogP contribution in [0, 0.1) is 0 Å². The van der Waals surface area contributed by atoms with E-state index in [1.165, 1.54) is 0 Å². The zero-order valence-electron chi connectivity index (χ0n) is 15.3. The molecule has 2 N–H and O–H groups in total. The lowest BCUT2D eigenvalue weighted by molar-refractivity contribution is 0.300. The third-order valence-corrected chi connectivity index (χ3v) is 5.64. The highest BCUT2D eigenvalue weighted by Crippen LogP contribution is 2.29. The molecule has 0 atom stereocenters. The second-order valence-corrected chi connectivity index (χ2v) is 7.99. The maximum absolute atomic E-state index is 11.4. The van der Waals surface area contributed by atoms with Crippen LogP contribution in [0.25, 0.3) is 0 Å². The smallest absolute Gasteiger partial charge is 0.195 e. The highest BCUT2D eigenvalue weighted by Gasteiger charge is 2.20. The highest BCUT2D eigenvalue weighted by atomic mass is 127. The molecular weight excluding hydrogens is 471 g/mol. The summed E-state index contributed by atoms with van der Waals surface area (Å²) in [6, 6.07) is 5.54. The number of halogens is 1. The van der Waals surface area contributed by atoms with Gasteiger partial charge < -0.3 is 20.1 Å².